The van der Waals surface area contributed by atoms with Gasteiger partial charge in [0.05, 0.1) is 10.6 Å². The molecule has 0 fully saturated rings. The molecule has 2 aromatic carbocycles. The fraction of sp³-hybridized carbons (Fsp3) is 0.318. The fourth-order valence-electron chi connectivity index (χ4n) is 3.58. The Labute approximate surface area is 186 Å². The monoisotopic (exact) mass is 456 g/mol. The van der Waals surface area contributed by atoms with Gasteiger partial charge in [0.25, 0.3) is 15.9 Å². The highest BCUT2D eigenvalue weighted by molar-refractivity contribution is 7.92. The van der Waals surface area contributed by atoms with Gasteiger partial charge in [0.1, 0.15) is 5.01 Å². The van der Waals surface area contributed by atoms with Crippen molar-refractivity contribution in [2.24, 2.45) is 0 Å². The summed E-state index contributed by atoms with van der Waals surface area (Å²) in [4.78, 5) is 12.8. The molecule has 1 aliphatic heterocycles. The molecule has 0 unspecified atom stereocenters. The molecule has 7 nitrogen and oxygen atoms in total. The number of unbranched alkanes of at least 4 members (excludes halogenated alkanes) is 2. The number of para-hydroxylation sites is 1. The van der Waals surface area contributed by atoms with Crippen molar-refractivity contribution in [1.82, 2.24) is 10.2 Å². The Bertz CT molecular complexity index is 1190. The van der Waals surface area contributed by atoms with E-state index in [0.717, 1.165) is 36.3 Å². The van der Waals surface area contributed by atoms with E-state index in [-0.39, 0.29) is 10.5 Å². The smallest absolute Gasteiger partial charge is 0.264 e. The highest BCUT2D eigenvalue weighted by atomic mass is 32.2. The van der Waals surface area contributed by atoms with Crippen LogP contribution in [-0.2, 0) is 22.9 Å². The molecule has 4 rings (SSSR count). The number of fused-ring (bicyclic) bond motifs is 1. The van der Waals surface area contributed by atoms with Crippen LogP contribution in [0, 0.1) is 0 Å². The van der Waals surface area contributed by atoms with Crippen molar-refractivity contribution in [3.8, 4) is 0 Å². The van der Waals surface area contributed by atoms with Crippen LogP contribution in [0.2, 0.25) is 0 Å². The van der Waals surface area contributed by atoms with E-state index in [0.29, 0.717) is 23.8 Å². The molecule has 1 aliphatic rings. The second kappa shape index (κ2) is 9.15. The van der Waals surface area contributed by atoms with Gasteiger partial charge in [-0.15, -0.1) is 10.2 Å². The number of nitrogens with one attached hydrogen (secondary N) is 1. The van der Waals surface area contributed by atoms with Crippen LogP contribution in [0.1, 0.15) is 47.1 Å². The number of aromatic nitrogens is 2. The van der Waals surface area contributed by atoms with Crippen molar-refractivity contribution in [2.75, 3.05) is 16.2 Å². The summed E-state index contributed by atoms with van der Waals surface area (Å²) in [6.45, 7) is 2.53. The normalized spacial score (nSPS) is 13.3. The Hall–Kier alpha value is -2.78. The number of rotatable bonds is 8. The molecule has 1 amide bonds. The van der Waals surface area contributed by atoms with Gasteiger partial charge in [0, 0.05) is 18.5 Å². The summed E-state index contributed by atoms with van der Waals surface area (Å²) in [7, 11) is -3.76. The number of hydrogen-bond acceptors (Lipinski definition) is 6. The van der Waals surface area contributed by atoms with Gasteiger partial charge in [-0.3, -0.25) is 14.4 Å². The first-order valence-corrected chi connectivity index (χ1v) is 12.6. The van der Waals surface area contributed by atoms with Crippen molar-refractivity contribution in [3.63, 3.8) is 0 Å². The number of carbonyl (C=O) groups excluding carboxylic acids is 1. The van der Waals surface area contributed by atoms with Crippen LogP contribution in [-0.4, -0.2) is 31.1 Å². The van der Waals surface area contributed by atoms with Gasteiger partial charge in [0.15, 0.2) is 0 Å². The van der Waals surface area contributed by atoms with Crippen molar-refractivity contribution in [1.29, 1.82) is 0 Å². The zero-order valence-electron chi connectivity index (χ0n) is 17.2. The average molecular weight is 457 g/mol. The standard InChI is InChI=1S/C22H24N4O3S2/c1-2-3-4-12-20-24-25-22(30-20)23-21(27)17-9-7-10-18(15-17)31(28,29)26-14-13-16-8-5-6-11-19(16)26/h5-11,15H,2-4,12-14H2,1H3,(H,23,25,27). The van der Waals surface area contributed by atoms with Gasteiger partial charge in [-0.05, 0) is 42.7 Å². The van der Waals surface area contributed by atoms with Crippen LogP contribution < -0.4 is 9.62 Å². The topological polar surface area (TPSA) is 92.3 Å². The predicted octanol–water partition coefficient (Wildman–Crippen LogP) is 4.27. The van der Waals surface area contributed by atoms with Crippen LogP contribution >= 0.6 is 11.3 Å². The predicted molar refractivity (Wildman–Crippen MR) is 122 cm³/mol. The third-order valence-corrected chi connectivity index (χ3v) is 7.92. The molecular formula is C22H24N4O3S2. The molecule has 0 saturated heterocycles. The first-order valence-electron chi connectivity index (χ1n) is 10.3. The molecule has 2 heterocycles. The second-order valence-corrected chi connectivity index (χ2v) is 10.3. The Kier molecular flexibility index (Phi) is 6.33. The van der Waals surface area contributed by atoms with Crippen LogP contribution in [0.4, 0.5) is 10.8 Å². The first kappa shape index (κ1) is 21.5. The van der Waals surface area contributed by atoms with Gasteiger partial charge in [-0.25, -0.2) is 8.42 Å². The van der Waals surface area contributed by atoms with E-state index in [4.69, 9.17) is 0 Å². The summed E-state index contributed by atoms with van der Waals surface area (Å²) in [5.41, 5.74) is 1.96. The molecule has 0 bridgehead atoms. The van der Waals surface area contributed by atoms with Crippen molar-refractivity contribution in [2.45, 2.75) is 43.9 Å². The number of anilines is 2. The van der Waals surface area contributed by atoms with E-state index in [9.17, 15) is 13.2 Å². The van der Waals surface area contributed by atoms with Crippen LogP contribution in [0.5, 0.6) is 0 Å². The minimum atomic E-state index is -3.76. The van der Waals surface area contributed by atoms with E-state index in [1.807, 2.05) is 24.3 Å². The third kappa shape index (κ3) is 4.62. The van der Waals surface area contributed by atoms with Crippen LogP contribution in [0.15, 0.2) is 53.4 Å². The lowest BCUT2D eigenvalue weighted by Crippen LogP contribution is -2.29. The van der Waals surface area contributed by atoms with Crippen molar-refractivity contribution in [3.05, 3.63) is 64.7 Å². The maximum absolute atomic E-state index is 13.2. The summed E-state index contributed by atoms with van der Waals surface area (Å²) in [6, 6.07) is 13.6. The SMILES string of the molecule is CCCCCc1nnc(NC(=O)c2cccc(S(=O)(=O)N3CCc4ccccc43)c2)s1. The van der Waals surface area contributed by atoms with Gasteiger partial charge in [-0.1, -0.05) is 55.4 Å². The second-order valence-electron chi connectivity index (χ2n) is 7.40. The number of hydrogen-bond donors (Lipinski definition) is 1. The minimum Gasteiger partial charge on any atom is -0.296 e. The molecule has 1 aromatic heterocycles. The van der Waals surface area contributed by atoms with E-state index in [1.54, 1.807) is 12.1 Å². The molecule has 0 saturated carbocycles. The molecule has 0 aliphatic carbocycles. The van der Waals surface area contributed by atoms with E-state index in [2.05, 4.69) is 22.4 Å². The number of nitrogens with zero attached hydrogens (tertiary/aromatic N) is 3. The zero-order valence-corrected chi connectivity index (χ0v) is 18.9. The van der Waals surface area contributed by atoms with Crippen LogP contribution in [0.3, 0.4) is 0 Å². The number of benzene rings is 2. The molecular weight excluding hydrogens is 432 g/mol. The number of sulfonamides is 1. The summed E-state index contributed by atoms with van der Waals surface area (Å²) >= 11 is 1.35. The number of amides is 1. The van der Waals surface area contributed by atoms with Gasteiger partial charge >= 0.3 is 0 Å². The molecule has 3 aromatic rings. The van der Waals surface area contributed by atoms with E-state index >= 15 is 0 Å². The maximum atomic E-state index is 13.2. The quantitative estimate of drug-likeness (QED) is 0.511. The van der Waals surface area contributed by atoms with E-state index in [1.165, 1.54) is 27.8 Å². The largest absolute Gasteiger partial charge is 0.296 e. The Morgan fingerprint density at radius 1 is 1.13 bits per heavy atom. The highest BCUT2D eigenvalue weighted by Crippen LogP contribution is 2.32. The average Bonchev–Trinajstić information content (AvgIpc) is 3.41. The Balaban J connectivity index is 1.50. The summed E-state index contributed by atoms with van der Waals surface area (Å²) in [6.07, 6.45) is 4.81. The number of aryl methyl sites for hydroxylation is 1. The molecule has 0 spiro atoms. The Morgan fingerprint density at radius 3 is 2.81 bits per heavy atom. The van der Waals surface area contributed by atoms with Gasteiger partial charge in [-0.2, -0.15) is 0 Å². The molecule has 0 radical (unpaired) electrons. The lowest BCUT2D eigenvalue weighted by atomic mass is 10.2. The lowest BCUT2D eigenvalue weighted by Gasteiger charge is -2.19. The summed E-state index contributed by atoms with van der Waals surface area (Å²) in [5.74, 6) is -0.407. The van der Waals surface area contributed by atoms with Crippen LogP contribution in [0.25, 0.3) is 0 Å². The molecule has 31 heavy (non-hydrogen) atoms. The third-order valence-electron chi connectivity index (χ3n) is 5.21. The maximum Gasteiger partial charge on any atom is 0.264 e. The summed E-state index contributed by atoms with van der Waals surface area (Å²) < 4.78 is 27.9. The van der Waals surface area contributed by atoms with Gasteiger partial charge in [0.2, 0.25) is 5.13 Å². The van der Waals surface area contributed by atoms with Gasteiger partial charge < -0.3 is 0 Å². The molecule has 9 heteroatoms. The zero-order chi connectivity index (χ0) is 21.8. The van der Waals surface area contributed by atoms with Crippen molar-refractivity contribution >= 4 is 38.1 Å². The highest BCUT2D eigenvalue weighted by Gasteiger charge is 2.31. The minimum absolute atomic E-state index is 0.0920. The summed E-state index contributed by atoms with van der Waals surface area (Å²) in [5, 5.41) is 12.2. The Morgan fingerprint density at radius 2 is 1.97 bits per heavy atom. The lowest BCUT2D eigenvalue weighted by molar-refractivity contribution is 0.102. The van der Waals surface area contributed by atoms with Crippen molar-refractivity contribution < 1.29 is 13.2 Å². The first-order chi connectivity index (χ1) is 15.0. The molecule has 162 valence electrons. The molecule has 0 atom stereocenters. The number of carbonyl (C=O) groups is 1. The van der Waals surface area contributed by atoms with E-state index < -0.39 is 15.9 Å². The fourth-order valence-corrected chi connectivity index (χ4v) is 5.91. The molecule has 1 N–H and O–H groups in total.